The summed E-state index contributed by atoms with van der Waals surface area (Å²) >= 11 is 6.00. The van der Waals surface area contributed by atoms with E-state index in [0.29, 0.717) is 23.6 Å². The Balaban J connectivity index is 0.00000420. The SMILES string of the molecule is C[C@H](Cc1ccc(S(=O)(=O)c2ccc(-c3ccccc3)cc2C(=O)O)cc1)NC[C@@H](O)c1cccc(Cl)c1.Cl. The van der Waals surface area contributed by atoms with Crippen LogP contribution in [0.1, 0.15) is 34.5 Å². The summed E-state index contributed by atoms with van der Waals surface area (Å²) in [5.74, 6) is -1.31. The molecule has 4 aromatic rings. The molecule has 204 valence electrons. The zero-order valence-electron chi connectivity index (χ0n) is 21.1. The third-order valence-corrected chi connectivity index (χ3v) is 8.34. The smallest absolute Gasteiger partial charge is 0.337 e. The van der Waals surface area contributed by atoms with E-state index < -0.39 is 21.9 Å². The quantitative estimate of drug-likeness (QED) is 0.204. The number of rotatable bonds is 10. The molecule has 6 nitrogen and oxygen atoms in total. The molecule has 0 aliphatic heterocycles. The van der Waals surface area contributed by atoms with Crippen LogP contribution in [0.2, 0.25) is 5.02 Å². The Bertz CT molecular complexity index is 1530. The number of aromatic carboxylic acids is 1. The van der Waals surface area contributed by atoms with E-state index >= 15 is 0 Å². The lowest BCUT2D eigenvalue weighted by atomic mass is 10.0. The lowest BCUT2D eigenvalue weighted by molar-refractivity contribution is 0.0692. The van der Waals surface area contributed by atoms with Gasteiger partial charge in [-0.2, -0.15) is 0 Å². The molecule has 4 rings (SSSR count). The highest BCUT2D eigenvalue weighted by molar-refractivity contribution is 7.91. The van der Waals surface area contributed by atoms with E-state index in [2.05, 4.69) is 5.32 Å². The van der Waals surface area contributed by atoms with Gasteiger partial charge in [-0.25, -0.2) is 13.2 Å². The minimum atomic E-state index is -4.05. The standard InChI is InChI=1S/C30H28ClNO5S.ClH/c1-20(32-19-28(33)24-8-5-9-25(31)17-24)16-21-10-13-26(14-11-21)38(36,37)29-15-12-23(18-27(29)30(34)35)22-6-3-2-4-7-22;/h2-15,17-18,20,28,32-33H,16,19H2,1H3,(H,34,35);1H/t20-,28-;/m1./s1. The molecule has 0 amide bonds. The Hall–Kier alpha value is -3.20. The zero-order valence-corrected chi connectivity index (χ0v) is 23.5. The van der Waals surface area contributed by atoms with E-state index in [1.54, 1.807) is 36.4 Å². The Kier molecular flexibility index (Phi) is 10.3. The molecule has 0 bridgehead atoms. The van der Waals surface area contributed by atoms with Crippen LogP contribution in [0.4, 0.5) is 0 Å². The van der Waals surface area contributed by atoms with Crippen LogP contribution in [0.25, 0.3) is 11.1 Å². The largest absolute Gasteiger partial charge is 0.478 e. The monoisotopic (exact) mass is 585 g/mol. The summed E-state index contributed by atoms with van der Waals surface area (Å²) in [5.41, 5.74) is 2.78. The molecular formula is C30H29Cl2NO5S. The van der Waals surface area contributed by atoms with E-state index in [4.69, 9.17) is 11.6 Å². The zero-order chi connectivity index (χ0) is 27.3. The third-order valence-electron chi connectivity index (χ3n) is 6.28. The molecule has 4 aromatic carbocycles. The maximum atomic E-state index is 13.4. The van der Waals surface area contributed by atoms with Crippen molar-refractivity contribution in [3.05, 3.63) is 119 Å². The highest BCUT2D eigenvalue weighted by Gasteiger charge is 2.25. The average Bonchev–Trinajstić information content (AvgIpc) is 2.92. The predicted molar refractivity (Wildman–Crippen MR) is 156 cm³/mol. The van der Waals surface area contributed by atoms with Gasteiger partial charge in [0.2, 0.25) is 9.84 Å². The first-order valence-electron chi connectivity index (χ1n) is 12.1. The number of carboxylic acid groups (broad SMARTS) is 1. The van der Waals surface area contributed by atoms with Crippen molar-refractivity contribution in [1.29, 1.82) is 0 Å². The second kappa shape index (κ2) is 13.2. The fraction of sp³-hybridized carbons (Fsp3) is 0.167. The topological polar surface area (TPSA) is 104 Å². The van der Waals surface area contributed by atoms with Gasteiger partial charge in [0.15, 0.2) is 0 Å². The fourth-order valence-electron chi connectivity index (χ4n) is 4.24. The van der Waals surface area contributed by atoms with Crippen LogP contribution in [0.5, 0.6) is 0 Å². The normalized spacial score (nSPS) is 12.8. The second-order valence-electron chi connectivity index (χ2n) is 9.11. The number of aliphatic hydroxyl groups is 1. The molecule has 0 heterocycles. The van der Waals surface area contributed by atoms with Gasteiger partial charge in [-0.3, -0.25) is 0 Å². The molecule has 0 fully saturated rings. The van der Waals surface area contributed by atoms with Crippen molar-refractivity contribution >= 4 is 39.8 Å². The van der Waals surface area contributed by atoms with Gasteiger partial charge in [-0.1, -0.05) is 72.3 Å². The number of aliphatic hydroxyl groups excluding tert-OH is 1. The maximum absolute atomic E-state index is 13.4. The molecule has 39 heavy (non-hydrogen) atoms. The van der Waals surface area contributed by atoms with Gasteiger partial charge in [0.25, 0.3) is 0 Å². The van der Waals surface area contributed by atoms with Crippen LogP contribution in [0.3, 0.4) is 0 Å². The van der Waals surface area contributed by atoms with Crippen molar-refractivity contribution in [3.8, 4) is 11.1 Å². The van der Waals surface area contributed by atoms with Crippen molar-refractivity contribution in [2.24, 2.45) is 0 Å². The molecular weight excluding hydrogens is 557 g/mol. The highest BCUT2D eigenvalue weighted by Crippen LogP contribution is 2.29. The summed E-state index contributed by atoms with van der Waals surface area (Å²) < 4.78 is 26.7. The second-order valence-corrected chi connectivity index (χ2v) is 11.5. The number of carboxylic acids is 1. The predicted octanol–water partition coefficient (Wildman–Crippen LogP) is 6.21. The van der Waals surface area contributed by atoms with Crippen LogP contribution in [-0.2, 0) is 16.3 Å². The van der Waals surface area contributed by atoms with Crippen LogP contribution in [-0.4, -0.2) is 37.2 Å². The van der Waals surface area contributed by atoms with E-state index in [0.717, 1.165) is 16.7 Å². The number of sulfone groups is 1. The van der Waals surface area contributed by atoms with Crippen molar-refractivity contribution in [2.75, 3.05) is 6.54 Å². The third kappa shape index (κ3) is 7.47. The van der Waals surface area contributed by atoms with E-state index in [1.165, 1.54) is 24.3 Å². The van der Waals surface area contributed by atoms with Crippen LogP contribution < -0.4 is 5.32 Å². The molecule has 0 aromatic heterocycles. The van der Waals surface area contributed by atoms with Crippen molar-refractivity contribution < 1.29 is 23.4 Å². The molecule has 0 radical (unpaired) electrons. The van der Waals surface area contributed by atoms with Gasteiger partial charge in [-0.05, 0) is 72.0 Å². The Morgan fingerprint density at radius 3 is 2.23 bits per heavy atom. The Morgan fingerprint density at radius 2 is 1.59 bits per heavy atom. The van der Waals surface area contributed by atoms with Crippen molar-refractivity contribution in [3.63, 3.8) is 0 Å². The maximum Gasteiger partial charge on any atom is 0.337 e. The molecule has 0 aliphatic rings. The first kappa shape index (κ1) is 30.3. The van der Waals surface area contributed by atoms with Crippen LogP contribution in [0.15, 0.2) is 107 Å². The molecule has 0 unspecified atom stereocenters. The van der Waals surface area contributed by atoms with Gasteiger partial charge in [0.05, 0.1) is 21.5 Å². The number of hydrogen-bond acceptors (Lipinski definition) is 5. The summed E-state index contributed by atoms with van der Waals surface area (Å²) in [4.78, 5) is 11.8. The molecule has 0 spiro atoms. The highest BCUT2D eigenvalue weighted by atomic mass is 35.5. The van der Waals surface area contributed by atoms with E-state index in [9.17, 15) is 23.4 Å². The molecule has 3 N–H and O–H groups in total. The number of halogens is 2. The van der Waals surface area contributed by atoms with E-state index in [-0.39, 0.29) is 33.8 Å². The van der Waals surface area contributed by atoms with Gasteiger partial charge in [0.1, 0.15) is 0 Å². The molecule has 0 saturated heterocycles. The number of carbonyl (C=O) groups is 1. The van der Waals surface area contributed by atoms with Crippen molar-refractivity contribution in [1.82, 2.24) is 5.32 Å². The number of benzene rings is 4. The summed E-state index contributed by atoms with van der Waals surface area (Å²) in [5, 5.41) is 24.0. The summed E-state index contributed by atoms with van der Waals surface area (Å²) in [6.45, 7) is 2.31. The van der Waals surface area contributed by atoms with Gasteiger partial charge < -0.3 is 15.5 Å². The van der Waals surface area contributed by atoms with Gasteiger partial charge >= 0.3 is 5.97 Å². The molecule has 0 aliphatic carbocycles. The summed E-state index contributed by atoms with van der Waals surface area (Å²) in [6, 6.07) is 27.1. The number of nitrogens with one attached hydrogen (secondary N) is 1. The Labute approximate surface area is 239 Å². The lowest BCUT2D eigenvalue weighted by Crippen LogP contribution is -2.32. The number of hydrogen-bond donors (Lipinski definition) is 3. The minimum absolute atomic E-state index is 0. The Morgan fingerprint density at radius 1 is 0.897 bits per heavy atom. The molecule has 0 saturated carbocycles. The summed E-state index contributed by atoms with van der Waals surface area (Å²) in [7, 11) is -4.05. The first-order valence-corrected chi connectivity index (χ1v) is 13.9. The summed E-state index contributed by atoms with van der Waals surface area (Å²) in [6.07, 6.45) is -0.102. The fourth-order valence-corrected chi connectivity index (χ4v) is 5.87. The van der Waals surface area contributed by atoms with Crippen LogP contribution in [0, 0.1) is 0 Å². The molecule has 9 heteroatoms. The van der Waals surface area contributed by atoms with Crippen molar-refractivity contribution in [2.45, 2.75) is 35.3 Å². The van der Waals surface area contributed by atoms with Gasteiger partial charge in [-0.15, -0.1) is 12.4 Å². The minimum Gasteiger partial charge on any atom is -0.478 e. The molecule has 2 atom stereocenters. The average molecular weight is 587 g/mol. The van der Waals surface area contributed by atoms with Gasteiger partial charge in [0, 0.05) is 17.6 Å². The van der Waals surface area contributed by atoms with E-state index in [1.807, 2.05) is 43.3 Å². The van der Waals surface area contributed by atoms with Crippen LogP contribution >= 0.6 is 24.0 Å². The lowest BCUT2D eigenvalue weighted by Gasteiger charge is -2.18. The first-order chi connectivity index (χ1) is 18.1.